The van der Waals surface area contributed by atoms with E-state index in [-0.39, 0.29) is 11.3 Å². The van der Waals surface area contributed by atoms with Gasteiger partial charge in [-0.15, -0.1) is 0 Å². The Morgan fingerprint density at radius 1 is 1.41 bits per heavy atom. The van der Waals surface area contributed by atoms with Gasteiger partial charge in [-0.3, -0.25) is 0 Å². The van der Waals surface area contributed by atoms with Gasteiger partial charge in [0.15, 0.2) is 5.82 Å². The van der Waals surface area contributed by atoms with Crippen molar-refractivity contribution in [3.8, 4) is 0 Å². The molecule has 0 spiro atoms. The quantitative estimate of drug-likeness (QED) is 0.826. The van der Waals surface area contributed by atoms with Gasteiger partial charge in [-0.1, -0.05) is 25.9 Å². The van der Waals surface area contributed by atoms with Crippen molar-refractivity contribution in [3.63, 3.8) is 0 Å². The zero-order chi connectivity index (χ0) is 12.5. The lowest BCUT2D eigenvalue weighted by Crippen LogP contribution is -2.31. The fourth-order valence-electron chi connectivity index (χ4n) is 1.84. The van der Waals surface area contributed by atoms with Crippen molar-refractivity contribution in [3.05, 3.63) is 11.7 Å². The molecular weight excluding hydrogens is 214 g/mol. The molecule has 0 amide bonds. The summed E-state index contributed by atoms with van der Waals surface area (Å²) in [5.74, 6) is 1.93. The van der Waals surface area contributed by atoms with Crippen molar-refractivity contribution in [2.45, 2.75) is 64.3 Å². The molecule has 4 nitrogen and oxygen atoms in total. The van der Waals surface area contributed by atoms with Gasteiger partial charge >= 0.3 is 0 Å². The highest BCUT2D eigenvalue weighted by molar-refractivity contribution is 5.15. The topological polar surface area (TPSA) is 51.0 Å². The molecule has 1 N–H and O–H groups in total. The Morgan fingerprint density at radius 3 is 2.71 bits per heavy atom. The van der Waals surface area contributed by atoms with E-state index in [0.717, 1.165) is 24.7 Å². The van der Waals surface area contributed by atoms with Crippen LogP contribution in [0.15, 0.2) is 4.52 Å². The maximum Gasteiger partial charge on any atom is 0.231 e. The Balaban J connectivity index is 1.99. The molecule has 1 aliphatic carbocycles. The van der Waals surface area contributed by atoms with Gasteiger partial charge in [0, 0.05) is 11.5 Å². The van der Waals surface area contributed by atoms with Gasteiger partial charge in [-0.05, 0) is 32.7 Å². The summed E-state index contributed by atoms with van der Waals surface area (Å²) in [6.45, 7) is 9.71. The van der Waals surface area contributed by atoms with Crippen LogP contribution in [0.2, 0.25) is 0 Å². The first kappa shape index (κ1) is 12.6. The van der Waals surface area contributed by atoms with Crippen LogP contribution in [0.1, 0.15) is 64.6 Å². The predicted molar refractivity (Wildman–Crippen MR) is 67.1 cm³/mol. The molecule has 0 aromatic carbocycles. The van der Waals surface area contributed by atoms with Crippen molar-refractivity contribution in [1.29, 1.82) is 0 Å². The van der Waals surface area contributed by atoms with Gasteiger partial charge in [0.2, 0.25) is 5.89 Å². The van der Waals surface area contributed by atoms with E-state index in [1.165, 1.54) is 12.8 Å². The van der Waals surface area contributed by atoms with Crippen molar-refractivity contribution < 1.29 is 4.52 Å². The minimum absolute atomic E-state index is 0.196. The number of hydrogen-bond donors (Lipinski definition) is 1. The van der Waals surface area contributed by atoms with E-state index in [9.17, 15) is 0 Å². The molecule has 4 heteroatoms. The Labute approximate surface area is 103 Å². The molecule has 1 aromatic heterocycles. The van der Waals surface area contributed by atoms with Crippen LogP contribution in [0.5, 0.6) is 0 Å². The second kappa shape index (κ2) is 4.77. The molecule has 2 atom stereocenters. The van der Waals surface area contributed by atoms with Crippen LogP contribution < -0.4 is 5.32 Å². The maximum atomic E-state index is 5.39. The molecule has 1 heterocycles. The molecule has 0 aliphatic heterocycles. The van der Waals surface area contributed by atoms with Crippen LogP contribution >= 0.6 is 0 Å². The Hall–Kier alpha value is -0.900. The summed E-state index contributed by atoms with van der Waals surface area (Å²) < 4.78 is 5.39. The summed E-state index contributed by atoms with van der Waals surface area (Å²) in [6.07, 6.45) is 3.51. The zero-order valence-electron chi connectivity index (χ0n) is 11.3. The van der Waals surface area contributed by atoms with E-state index in [0.29, 0.717) is 6.04 Å². The van der Waals surface area contributed by atoms with E-state index < -0.39 is 0 Å². The summed E-state index contributed by atoms with van der Waals surface area (Å²) in [5, 5.41) is 7.59. The zero-order valence-corrected chi connectivity index (χ0v) is 11.3. The van der Waals surface area contributed by atoms with Gasteiger partial charge in [0.25, 0.3) is 0 Å². The van der Waals surface area contributed by atoms with Crippen LogP contribution in [-0.4, -0.2) is 22.7 Å². The summed E-state index contributed by atoms with van der Waals surface area (Å²) in [7, 11) is 0. The van der Waals surface area contributed by atoms with Crippen LogP contribution in [0, 0.1) is 0 Å². The fraction of sp³-hybridized carbons (Fsp3) is 0.846. The van der Waals surface area contributed by atoms with E-state index >= 15 is 0 Å². The third-order valence-corrected chi connectivity index (χ3v) is 3.84. The Bertz CT molecular complexity index is 370. The van der Waals surface area contributed by atoms with Crippen LogP contribution in [0.3, 0.4) is 0 Å². The van der Waals surface area contributed by atoms with Gasteiger partial charge in [0.1, 0.15) is 0 Å². The van der Waals surface area contributed by atoms with Gasteiger partial charge in [-0.25, -0.2) is 0 Å². The Morgan fingerprint density at radius 2 is 2.12 bits per heavy atom. The minimum Gasteiger partial charge on any atom is -0.339 e. The van der Waals surface area contributed by atoms with Crippen LogP contribution in [-0.2, 0) is 5.41 Å². The minimum atomic E-state index is 0.196. The van der Waals surface area contributed by atoms with Crippen molar-refractivity contribution in [1.82, 2.24) is 15.5 Å². The third-order valence-electron chi connectivity index (χ3n) is 3.84. The van der Waals surface area contributed by atoms with E-state index in [2.05, 4.69) is 43.2 Å². The Kier molecular flexibility index (Phi) is 3.52. The van der Waals surface area contributed by atoms with E-state index in [4.69, 9.17) is 4.52 Å². The fourth-order valence-corrected chi connectivity index (χ4v) is 1.84. The van der Waals surface area contributed by atoms with Crippen LogP contribution in [0.25, 0.3) is 0 Å². The standard InChI is InChI=1S/C13H23N3O/c1-5-8-14-10(3)9(2)11-15-12(16-17-11)13(4)6-7-13/h9-10,14H,5-8H2,1-4H3. The van der Waals surface area contributed by atoms with Gasteiger partial charge in [-0.2, -0.15) is 4.98 Å². The lowest BCUT2D eigenvalue weighted by molar-refractivity contribution is 0.326. The summed E-state index contributed by atoms with van der Waals surface area (Å²) in [5.41, 5.74) is 0.196. The molecule has 1 aromatic rings. The first-order valence-electron chi connectivity index (χ1n) is 6.64. The second-order valence-electron chi connectivity index (χ2n) is 5.55. The third kappa shape index (κ3) is 2.68. The van der Waals surface area contributed by atoms with E-state index in [1.807, 2.05) is 0 Å². The lowest BCUT2D eigenvalue weighted by Gasteiger charge is -2.17. The largest absolute Gasteiger partial charge is 0.339 e. The average molecular weight is 237 g/mol. The number of hydrogen-bond acceptors (Lipinski definition) is 4. The summed E-state index contributed by atoms with van der Waals surface area (Å²) in [6, 6.07) is 0.371. The summed E-state index contributed by atoms with van der Waals surface area (Å²) in [4.78, 5) is 4.56. The number of nitrogens with zero attached hydrogens (tertiary/aromatic N) is 2. The SMILES string of the molecule is CCCNC(C)C(C)c1nc(C2(C)CC2)no1. The molecule has 2 unspecified atom stereocenters. The number of rotatable bonds is 6. The first-order valence-corrected chi connectivity index (χ1v) is 6.64. The van der Waals surface area contributed by atoms with Crippen LogP contribution in [0.4, 0.5) is 0 Å². The number of aromatic nitrogens is 2. The van der Waals surface area contributed by atoms with Gasteiger partial charge < -0.3 is 9.84 Å². The first-order chi connectivity index (χ1) is 8.07. The monoisotopic (exact) mass is 237 g/mol. The molecule has 2 rings (SSSR count). The highest BCUT2D eigenvalue weighted by atomic mass is 16.5. The highest BCUT2D eigenvalue weighted by Crippen LogP contribution is 2.46. The normalized spacial score (nSPS) is 21.2. The molecule has 1 fully saturated rings. The van der Waals surface area contributed by atoms with Crippen molar-refractivity contribution >= 4 is 0 Å². The summed E-state index contributed by atoms with van der Waals surface area (Å²) >= 11 is 0. The molecule has 96 valence electrons. The highest BCUT2D eigenvalue weighted by Gasteiger charge is 2.43. The lowest BCUT2D eigenvalue weighted by atomic mass is 10.0. The smallest absolute Gasteiger partial charge is 0.231 e. The molecule has 1 aliphatic rings. The molecular formula is C13H23N3O. The second-order valence-corrected chi connectivity index (χ2v) is 5.55. The van der Waals surface area contributed by atoms with E-state index in [1.54, 1.807) is 0 Å². The molecule has 0 bridgehead atoms. The maximum absolute atomic E-state index is 5.39. The molecule has 0 saturated heterocycles. The predicted octanol–water partition coefficient (Wildman–Crippen LogP) is 2.61. The van der Waals surface area contributed by atoms with Gasteiger partial charge in [0.05, 0.1) is 5.92 Å². The van der Waals surface area contributed by atoms with Crippen molar-refractivity contribution in [2.24, 2.45) is 0 Å². The molecule has 0 radical (unpaired) electrons. The number of nitrogens with one attached hydrogen (secondary N) is 1. The molecule has 1 saturated carbocycles. The van der Waals surface area contributed by atoms with Crippen molar-refractivity contribution in [2.75, 3.05) is 6.54 Å². The average Bonchev–Trinajstić information content (AvgIpc) is 2.89. The molecule has 17 heavy (non-hydrogen) atoms.